The molecule has 0 spiro atoms. The largest absolute Gasteiger partial charge is 0.497 e. The van der Waals surface area contributed by atoms with Crippen molar-refractivity contribution in [3.8, 4) is 17.0 Å². The number of nitrogens with zero attached hydrogens (tertiary/aromatic N) is 4. The standard InChI is InChI=1S/C18H18N6O.C4H10/c1-25-14-4-2-11(3-5-14)15-16-17(21-10-20-16)23-18(22-15)24-8-12-6-19-7-13(12)9-24;1-4(2)3/h2-5,10,19H,6-9H2,1H3,(H,20,21,22,23);4H,1-3H3. The molecule has 2 N–H and O–H groups in total. The maximum absolute atomic E-state index is 5.25. The van der Waals surface area contributed by atoms with Crippen LogP contribution in [0.3, 0.4) is 0 Å². The summed E-state index contributed by atoms with van der Waals surface area (Å²) in [5.41, 5.74) is 6.37. The van der Waals surface area contributed by atoms with Gasteiger partial charge in [-0.05, 0) is 41.3 Å². The number of H-pyrrole nitrogens is 1. The normalized spacial score (nSPS) is 15.7. The smallest absolute Gasteiger partial charge is 0.228 e. The number of aromatic amines is 1. The maximum Gasteiger partial charge on any atom is 0.228 e. The number of methoxy groups -OCH3 is 1. The Morgan fingerprint density at radius 1 is 1.00 bits per heavy atom. The molecule has 0 bridgehead atoms. The molecule has 0 saturated carbocycles. The molecule has 0 fully saturated rings. The minimum absolute atomic E-state index is 0.695. The van der Waals surface area contributed by atoms with Gasteiger partial charge >= 0.3 is 0 Å². The third-order valence-electron chi connectivity index (χ3n) is 4.86. The number of ether oxygens (including phenoxy) is 1. The molecule has 29 heavy (non-hydrogen) atoms. The van der Waals surface area contributed by atoms with Gasteiger partial charge in [-0.25, -0.2) is 9.97 Å². The van der Waals surface area contributed by atoms with Crippen molar-refractivity contribution in [1.29, 1.82) is 0 Å². The highest BCUT2D eigenvalue weighted by molar-refractivity contribution is 5.88. The monoisotopic (exact) mass is 392 g/mol. The fourth-order valence-electron chi connectivity index (χ4n) is 3.53. The van der Waals surface area contributed by atoms with Crippen molar-refractivity contribution in [2.45, 2.75) is 20.8 Å². The maximum atomic E-state index is 5.25. The minimum atomic E-state index is 0.695. The van der Waals surface area contributed by atoms with Crippen molar-refractivity contribution < 1.29 is 4.74 Å². The van der Waals surface area contributed by atoms with Crippen LogP contribution in [0.2, 0.25) is 0 Å². The zero-order valence-electron chi connectivity index (χ0n) is 17.5. The molecule has 0 aliphatic carbocycles. The van der Waals surface area contributed by atoms with E-state index >= 15 is 0 Å². The number of aromatic nitrogens is 4. The molecule has 0 radical (unpaired) electrons. The zero-order chi connectivity index (χ0) is 20.4. The molecule has 0 amide bonds. The van der Waals surface area contributed by atoms with E-state index in [0.29, 0.717) is 5.65 Å². The Morgan fingerprint density at radius 2 is 1.66 bits per heavy atom. The van der Waals surface area contributed by atoms with Crippen molar-refractivity contribution in [2.24, 2.45) is 5.92 Å². The molecule has 0 atom stereocenters. The van der Waals surface area contributed by atoms with Gasteiger partial charge in [-0.3, -0.25) is 0 Å². The van der Waals surface area contributed by atoms with Crippen LogP contribution in [0, 0.1) is 5.92 Å². The highest BCUT2D eigenvalue weighted by atomic mass is 16.5. The van der Waals surface area contributed by atoms with Crippen molar-refractivity contribution in [2.75, 3.05) is 38.2 Å². The molecule has 2 aliphatic rings. The van der Waals surface area contributed by atoms with Crippen LogP contribution < -0.4 is 15.0 Å². The summed E-state index contributed by atoms with van der Waals surface area (Å²) in [4.78, 5) is 19.3. The number of anilines is 1. The Morgan fingerprint density at radius 3 is 2.28 bits per heavy atom. The minimum Gasteiger partial charge on any atom is -0.497 e. The molecular formula is C22H28N6O. The number of hydrogen-bond donors (Lipinski definition) is 2. The van der Waals surface area contributed by atoms with Crippen LogP contribution in [0.5, 0.6) is 5.75 Å². The number of rotatable bonds is 3. The molecule has 7 nitrogen and oxygen atoms in total. The Balaban J connectivity index is 0.000000472. The summed E-state index contributed by atoms with van der Waals surface area (Å²) in [6.07, 6.45) is 1.67. The summed E-state index contributed by atoms with van der Waals surface area (Å²) >= 11 is 0. The van der Waals surface area contributed by atoms with Crippen LogP contribution in [-0.4, -0.2) is 53.2 Å². The van der Waals surface area contributed by atoms with Gasteiger partial charge in [0.1, 0.15) is 17.0 Å². The van der Waals surface area contributed by atoms with Gasteiger partial charge in [-0.2, -0.15) is 4.98 Å². The van der Waals surface area contributed by atoms with Crippen molar-refractivity contribution >= 4 is 17.1 Å². The Kier molecular flexibility index (Phi) is 5.49. The van der Waals surface area contributed by atoms with Gasteiger partial charge in [0.25, 0.3) is 0 Å². The van der Waals surface area contributed by atoms with Gasteiger partial charge in [0, 0.05) is 31.7 Å². The number of fused-ring (bicyclic) bond motifs is 1. The van der Waals surface area contributed by atoms with E-state index in [1.807, 2.05) is 24.3 Å². The van der Waals surface area contributed by atoms with Gasteiger partial charge < -0.3 is 19.9 Å². The zero-order valence-corrected chi connectivity index (χ0v) is 17.5. The average molecular weight is 393 g/mol. The fraction of sp³-hybridized carbons (Fsp3) is 0.409. The van der Waals surface area contributed by atoms with Crippen LogP contribution in [0.4, 0.5) is 5.95 Å². The predicted octanol–water partition coefficient (Wildman–Crippen LogP) is 3.41. The summed E-state index contributed by atoms with van der Waals surface area (Å²) in [6.45, 7) is 10.2. The molecule has 1 aromatic carbocycles. The number of hydrogen-bond acceptors (Lipinski definition) is 6. The van der Waals surface area contributed by atoms with Crippen LogP contribution in [0.15, 0.2) is 41.7 Å². The molecule has 2 aliphatic heterocycles. The van der Waals surface area contributed by atoms with E-state index in [4.69, 9.17) is 9.72 Å². The molecule has 152 valence electrons. The van der Waals surface area contributed by atoms with Crippen LogP contribution >= 0.6 is 0 Å². The van der Waals surface area contributed by atoms with Gasteiger partial charge in [-0.15, -0.1) is 0 Å². The lowest BCUT2D eigenvalue weighted by atomic mass is 10.1. The second-order valence-corrected chi connectivity index (χ2v) is 8.10. The lowest BCUT2D eigenvalue weighted by molar-refractivity contribution is 0.415. The molecule has 2 aromatic heterocycles. The van der Waals surface area contributed by atoms with Gasteiger partial charge in [0.05, 0.1) is 13.4 Å². The van der Waals surface area contributed by atoms with Crippen molar-refractivity contribution in [3.05, 3.63) is 41.7 Å². The second-order valence-electron chi connectivity index (χ2n) is 8.10. The van der Waals surface area contributed by atoms with Crippen LogP contribution in [0.1, 0.15) is 20.8 Å². The van der Waals surface area contributed by atoms with E-state index in [0.717, 1.165) is 60.6 Å². The Hall–Kier alpha value is -2.93. The molecule has 7 heteroatoms. The van der Waals surface area contributed by atoms with Crippen LogP contribution in [0.25, 0.3) is 22.4 Å². The second kappa shape index (κ2) is 8.21. The first kappa shape index (κ1) is 19.4. The first-order valence-electron chi connectivity index (χ1n) is 10.1. The molecule has 4 heterocycles. The number of nitrogens with one attached hydrogen (secondary N) is 2. The summed E-state index contributed by atoms with van der Waals surface area (Å²) in [5, 5.41) is 3.40. The molecule has 0 saturated heterocycles. The first-order chi connectivity index (χ1) is 14.0. The topological polar surface area (TPSA) is 79.0 Å². The molecule has 3 aromatic rings. The fourth-order valence-corrected chi connectivity index (χ4v) is 3.53. The summed E-state index contributed by atoms with van der Waals surface area (Å²) < 4.78 is 5.25. The van der Waals surface area contributed by atoms with E-state index in [2.05, 4.69) is 45.9 Å². The summed E-state index contributed by atoms with van der Waals surface area (Å²) in [5.74, 6) is 2.39. The molecule has 0 unspecified atom stereocenters. The quantitative estimate of drug-likeness (QED) is 0.665. The first-order valence-corrected chi connectivity index (χ1v) is 10.1. The van der Waals surface area contributed by atoms with Gasteiger partial charge in [-0.1, -0.05) is 20.8 Å². The van der Waals surface area contributed by atoms with Crippen molar-refractivity contribution in [1.82, 2.24) is 25.3 Å². The summed E-state index contributed by atoms with van der Waals surface area (Å²) in [7, 11) is 1.67. The average Bonchev–Trinajstić information content (AvgIpc) is 3.42. The lowest BCUT2D eigenvalue weighted by Crippen LogP contribution is -2.28. The van der Waals surface area contributed by atoms with E-state index in [1.54, 1.807) is 13.4 Å². The van der Waals surface area contributed by atoms with Crippen LogP contribution in [-0.2, 0) is 0 Å². The lowest BCUT2D eigenvalue weighted by Gasteiger charge is -2.19. The molecular weight excluding hydrogens is 364 g/mol. The van der Waals surface area contributed by atoms with E-state index < -0.39 is 0 Å². The highest BCUT2D eigenvalue weighted by Gasteiger charge is 2.27. The number of imidazole rings is 1. The predicted molar refractivity (Wildman–Crippen MR) is 116 cm³/mol. The summed E-state index contributed by atoms with van der Waals surface area (Å²) in [6, 6.07) is 7.91. The SMILES string of the molecule is CC(C)C.COc1ccc(-c2nc(N3CC4=C(CNC4)C3)nc3nc[nH]c23)cc1. The van der Waals surface area contributed by atoms with E-state index in [9.17, 15) is 0 Å². The van der Waals surface area contributed by atoms with Crippen molar-refractivity contribution in [3.63, 3.8) is 0 Å². The van der Waals surface area contributed by atoms with E-state index in [-0.39, 0.29) is 0 Å². The molecule has 5 rings (SSSR count). The number of benzene rings is 1. The highest BCUT2D eigenvalue weighted by Crippen LogP contribution is 2.30. The third kappa shape index (κ3) is 4.10. The third-order valence-corrected chi connectivity index (χ3v) is 4.86. The van der Waals surface area contributed by atoms with E-state index in [1.165, 1.54) is 11.1 Å². The van der Waals surface area contributed by atoms with Gasteiger partial charge in [0.2, 0.25) is 5.95 Å². The van der Waals surface area contributed by atoms with Gasteiger partial charge in [0.15, 0.2) is 5.65 Å². The Bertz CT molecular complexity index is 1000. The Labute approximate surface area is 171 Å².